The van der Waals surface area contributed by atoms with Crippen molar-refractivity contribution < 1.29 is 14.6 Å². The minimum Gasteiger partial charge on any atom is -0.395 e. The van der Waals surface area contributed by atoms with E-state index in [1.165, 1.54) is 19.3 Å². The molecule has 5 nitrogen and oxygen atoms in total. The van der Waals surface area contributed by atoms with E-state index in [9.17, 15) is 4.79 Å². The maximum atomic E-state index is 12.5. The number of carbonyl (C=O) groups excluding carboxylic acids is 1. The Morgan fingerprint density at radius 3 is 2.72 bits per heavy atom. The predicted molar refractivity (Wildman–Crippen MR) is 68.3 cm³/mol. The summed E-state index contributed by atoms with van der Waals surface area (Å²) in [4.78, 5) is 14.3. The Balaban J connectivity index is 1.96. The molecule has 0 aromatic rings. The molecule has 1 aliphatic heterocycles. The summed E-state index contributed by atoms with van der Waals surface area (Å²) in [7, 11) is 0. The number of aliphatic hydroxyl groups is 1. The van der Waals surface area contributed by atoms with Crippen LogP contribution in [-0.4, -0.2) is 60.9 Å². The van der Waals surface area contributed by atoms with Crippen molar-refractivity contribution in [2.24, 2.45) is 0 Å². The molecule has 1 amide bonds. The lowest BCUT2D eigenvalue weighted by Crippen LogP contribution is -2.55. The molecule has 0 spiro atoms. The van der Waals surface area contributed by atoms with E-state index in [0.717, 1.165) is 19.4 Å². The van der Waals surface area contributed by atoms with Crippen LogP contribution < -0.4 is 5.32 Å². The van der Waals surface area contributed by atoms with E-state index in [1.807, 2.05) is 4.90 Å². The van der Waals surface area contributed by atoms with Crippen molar-refractivity contribution >= 4 is 5.91 Å². The maximum absolute atomic E-state index is 12.5. The summed E-state index contributed by atoms with van der Waals surface area (Å²) in [6.45, 7) is 2.34. The second-order valence-corrected chi connectivity index (χ2v) is 5.13. The summed E-state index contributed by atoms with van der Waals surface area (Å²) in [6.07, 6.45) is 5.78. The smallest absolute Gasteiger partial charge is 0.242 e. The molecule has 2 N–H and O–H groups in total. The molecule has 0 bridgehead atoms. The quantitative estimate of drug-likeness (QED) is 0.750. The lowest BCUT2D eigenvalue weighted by atomic mass is 9.93. The second kappa shape index (κ2) is 7.07. The number of rotatable bonds is 4. The third kappa shape index (κ3) is 3.43. The Labute approximate surface area is 108 Å². The van der Waals surface area contributed by atoms with Gasteiger partial charge in [0.25, 0.3) is 0 Å². The van der Waals surface area contributed by atoms with Gasteiger partial charge >= 0.3 is 0 Å². The lowest BCUT2D eigenvalue weighted by Gasteiger charge is -2.37. The van der Waals surface area contributed by atoms with Gasteiger partial charge in [0.1, 0.15) is 6.04 Å². The van der Waals surface area contributed by atoms with Gasteiger partial charge in [-0.3, -0.25) is 4.79 Å². The molecule has 0 aromatic carbocycles. The number of aliphatic hydroxyl groups excluding tert-OH is 1. The molecule has 1 saturated heterocycles. The molecule has 0 radical (unpaired) electrons. The topological polar surface area (TPSA) is 61.8 Å². The predicted octanol–water partition coefficient (Wildman–Crippen LogP) is 0.128. The molecule has 18 heavy (non-hydrogen) atoms. The highest BCUT2D eigenvalue weighted by atomic mass is 16.5. The van der Waals surface area contributed by atoms with E-state index >= 15 is 0 Å². The van der Waals surface area contributed by atoms with Crippen LogP contribution in [-0.2, 0) is 9.53 Å². The highest BCUT2D eigenvalue weighted by Gasteiger charge is 2.31. The molecular weight excluding hydrogens is 232 g/mol. The number of amides is 1. The van der Waals surface area contributed by atoms with Gasteiger partial charge in [0.05, 0.1) is 19.8 Å². The Bertz CT molecular complexity index is 261. The number of carbonyl (C=O) groups is 1. The third-order valence-electron chi connectivity index (χ3n) is 3.86. The number of hydrogen-bond acceptors (Lipinski definition) is 4. The van der Waals surface area contributed by atoms with Crippen molar-refractivity contribution in [2.45, 2.75) is 44.2 Å². The van der Waals surface area contributed by atoms with Gasteiger partial charge in [0.15, 0.2) is 0 Å². The minimum absolute atomic E-state index is 0.0375. The zero-order valence-corrected chi connectivity index (χ0v) is 10.9. The molecule has 2 rings (SSSR count). The van der Waals surface area contributed by atoms with Crippen LogP contribution in [0.3, 0.4) is 0 Å². The van der Waals surface area contributed by atoms with Crippen molar-refractivity contribution in [3.05, 3.63) is 0 Å². The SMILES string of the molecule is O=C(C1COCCN1)N(CCO)C1CCCCC1. The Hall–Kier alpha value is -0.650. The van der Waals surface area contributed by atoms with Crippen LogP contribution in [0.25, 0.3) is 0 Å². The first-order chi connectivity index (χ1) is 8.83. The Morgan fingerprint density at radius 1 is 1.33 bits per heavy atom. The van der Waals surface area contributed by atoms with Crippen LogP contribution in [0, 0.1) is 0 Å². The van der Waals surface area contributed by atoms with Gasteiger partial charge < -0.3 is 20.1 Å². The highest BCUT2D eigenvalue weighted by molar-refractivity contribution is 5.82. The number of ether oxygens (including phenoxy) is 1. The van der Waals surface area contributed by atoms with Gasteiger partial charge in [-0.25, -0.2) is 0 Å². The fourth-order valence-corrected chi connectivity index (χ4v) is 2.90. The monoisotopic (exact) mass is 256 g/mol. The largest absolute Gasteiger partial charge is 0.395 e. The van der Waals surface area contributed by atoms with Crippen LogP contribution in [0.1, 0.15) is 32.1 Å². The number of nitrogens with zero attached hydrogens (tertiary/aromatic N) is 1. The summed E-state index contributed by atoms with van der Waals surface area (Å²) in [5, 5.41) is 12.4. The minimum atomic E-state index is -0.229. The number of morpholine rings is 1. The average molecular weight is 256 g/mol. The van der Waals surface area contributed by atoms with Gasteiger partial charge in [-0.15, -0.1) is 0 Å². The van der Waals surface area contributed by atoms with E-state index < -0.39 is 0 Å². The van der Waals surface area contributed by atoms with Crippen molar-refractivity contribution in [3.63, 3.8) is 0 Å². The average Bonchev–Trinajstić information content (AvgIpc) is 2.46. The molecule has 1 saturated carbocycles. The summed E-state index contributed by atoms with van der Waals surface area (Å²) in [6, 6.07) is 0.0781. The fraction of sp³-hybridized carbons (Fsp3) is 0.923. The Kier molecular flexibility index (Phi) is 5.41. The molecule has 2 fully saturated rings. The van der Waals surface area contributed by atoms with Gasteiger partial charge in [-0.05, 0) is 12.8 Å². The van der Waals surface area contributed by atoms with E-state index in [0.29, 0.717) is 25.8 Å². The first-order valence-corrected chi connectivity index (χ1v) is 7.05. The van der Waals surface area contributed by atoms with E-state index in [2.05, 4.69) is 5.32 Å². The maximum Gasteiger partial charge on any atom is 0.242 e. The molecule has 5 heteroatoms. The molecule has 0 aromatic heterocycles. The molecule has 1 aliphatic carbocycles. The molecule has 2 aliphatic rings. The van der Waals surface area contributed by atoms with Crippen molar-refractivity contribution in [1.82, 2.24) is 10.2 Å². The van der Waals surface area contributed by atoms with E-state index in [-0.39, 0.29) is 18.6 Å². The van der Waals surface area contributed by atoms with Gasteiger partial charge in [-0.2, -0.15) is 0 Å². The van der Waals surface area contributed by atoms with Crippen LogP contribution in [0.15, 0.2) is 0 Å². The number of hydrogen-bond donors (Lipinski definition) is 2. The second-order valence-electron chi connectivity index (χ2n) is 5.13. The zero-order chi connectivity index (χ0) is 12.8. The molecular formula is C13H24N2O3. The summed E-state index contributed by atoms with van der Waals surface area (Å²) >= 11 is 0. The van der Waals surface area contributed by atoms with Crippen LogP contribution >= 0.6 is 0 Å². The van der Waals surface area contributed by atoms with Gasteiger partial charge in [0.2, 0.25) is 5.91 Å². The standard InChI is InChI=1S/C13H24N2O3/c16-8-7-15(11-4-2-1-3-5-11)13(17)12-10-18-9-6-14-12/h11-12,14,16H,1-10H2. The van der Waals surface area contributed by atoms with Crippen LogP contribution in [0.5, 0.6) is 0 Å². The van der Waals surface area contributed by atoms with Crippen LogP contribution in [0.4, 0.5) is 0 Å². The summed E-state index contributed by atoms with van der Waals surface area (Å²) in [5.74, 6) is 0.0932. The number of nitrogens with one attached hydrogen (secondary N) is 1. The van der Waals surface area contributed by atoms with Crippen molar-refractivity contribution in [1.29, 1.82) is 0 Å². The van der Waals surface area contributed by atoms with Gasteiger partial charge in [-0.1, -0.05) is 19.3 Å². The van der Waals surface area contributed by atoms with E-state index in [4.69, 9.17) is 9.84 Å². The van der Waals surface area contributed by atoms with E-state index in [1.54, 1.807) is 0 Å². The van der Waals surface area contributed by atoms with Crippen LogP contribution in [0.2, 0.25) is 0 Å². The zero-order valence-electron chi connectivity index (χ0n) is 10.9. The van der Waals surface area contributed by atoms with Gasteiger partial charge in [0, 0.05) is 19.1 Å². The van der Waals surface area contributed by atoms with Crippen molar-refractivity contribution in [3.8, 4) is 0 Å². The normalized spacial score (nSPS) is 25.9. The lowest BCUT2D eigenvalue weighted by molar-refractivity contribution is -0.140. The first kappa shape index (κ1) is 13.8. The molecule has 1 unspecified atom stereocenters. The first-order valence-electron chi connectivity index (χ1n) is 7.05. The summed E-state index contributed by atoms with van der Waals surface area (Å²) < 4.78 is 5.35. The molecule has 104 valence electrons. The Morgan fingerprint density at radius 2 is 2.11 bits per heavy atom. The molecule has 1 heterocycles. The molecule has 1 atom stereocenters. The highest BCUT2D eigenvalue weighted by Crippen LogP contribution is 2.23. The fourth-order valence-electron chi connectivity index (χ4n) is 2.90. The summed E-state index contributed by atoms with van der Waals surface area (Å²) in [5.41, 5.74) is 0. The van der Waals surface area contributed by atoms with Crippen molar-refractivity contribution in [2.75, 3.05) is 32.9 Å². The third-order valence-corrected chi connectivity index (χ3v) is 3.86.